The molecular weight excluding hydrogens is 228 g/mol. The smallest absolute Gasteiger partial charge is 0.0111 e. The average molecular weight is 264 g/mol. The van der Waals surface area contributed by atoms with Gasteiger partial charge in [-0.3, -0.25) is 0 Å². The highest BCUT2D eigenvalue weighted by Crippen LogP contribution is 2.25. The van der Waals surface area contributed by atoms with Crippen LogP contribution in [0.2, 0.25) is 0 Å². The van der Waals surface area contributed by atoms with Crippen LogP contribution in [-0.4, -0.2) is 0 Å². The fourth-order valence-corrected chi connectivity index (χ4v) is 2.16. The molecule has 0 fully saturated rings. The second kappa shape index (κ2) is 8.61. The SMILES string of the molecule is CC(=CC(C)C(C)C)CC(C)=C(C)CC(C)C(C)C. The van der Waals surface area contributed by atoms with Gasteiger partial charge >= 0.3 is 0 Å². The Kier molecular flexibility index (Phi) is 8.38. The molecule has 0 N–H and O–H groups in total. The quantitative estimate of drug-likeness (QED) is 0.452. The summed E-state index contributed by atoms with van der Waals surface area (Å²) in [4.78, 5) is 0. The molecule has 0 aliphatic heterocycles. The van der Waals surface area contributed by atoms with E-state index in [2.05, 4.69) is 68.4 Å². The van der Waals surface area contributed by atoms with Crippen LogP contribution in [0.25, 0.3) is 0 Å². The number of rotatable bonds is 7. The fourth-order valence-electron chi connectivity index (χ4n) is 2.16. The van der Waals surface area contributed by atoms with E-state index in [0.29, 0.717) is 5.92 Å². The van der Waals surface area contributed by atoms with E-state index in [0.717, 1.165) is 24.2 Å². The fraction of sp³-hybridized carbons (Fsp3) is 0.789. The first-order valence-corrected chi connectivity index (χ1v) is 7.97. The van der Waals surface area contributed by atoms with Crippen molar-refractivity contribution in [3.63, 3.8) is 0 Å². The van der Waals surface area contributed by atoms with Gasteiger partial charge in [-0.1, -0.05) is 64.3 Å². The van der Waals surface area contributed by atoms with Crippen molar-refractivity contribution in [3.05, 3.63) is 22.8 Å². The van der Waals surface area contributed by atoms with Crippen LogP contribution in [0.15, 0.2) is 22.8 Å². The molecule has 0 saturated heterocycles. The maximum atomic E-state index is 2.45. The zero-order valence-electron chi connectivity index (χ0n) is 14.8. The van der Waals surface area contributed by atoms with E-state index in [9.17, 15) is 0 Å². The summed E-state index contributed by atoms with van der Waals surface area (Å²) in [7, 11) is 0. The minimum absolute atomic E-state index is 0.683. The van der Waals surface area contributed by atoms with Crippen LogP contribution in [0.1, 0.15) is 75.2 Å². The second-order valence-corrected chi connectivity index (χ2v) is 7.28. The summed E-state index contributed by atoms with van der Waals surface area (Å²) >= 11 is 0. The first-order valence-electron chi connectivity index (χ1n) is 7.97. The molecule has 0 heteroatoms. The van der Waals surface area contributed by atoms with E-state index in [4.69, 9.17) is 0 Å². The monoisotopic (exact) mass is 264 g/mol. The predicted octanol–water partition coefficient (Wildman–Crippen LogP) is 6.63. The molecular formula is C19H36. The molecule has 19 heavy (non-hydrogen) atoms. The van der Waals surface area contributed by atoms with E-state index in [-0.39, 0.29) is 0 Å². The van der Waals surface area contributed by atoms with Gasteiger partial charge in [0.2, 0.25) is 0 Å². The summed E-state index contributed by atoms with van der Waals surface area (Å²) in [5.74, 6) is 2.98. The lowest BCUT2D eigenvalue weighted by molar-refractivity contribution is 0.415. The molecule has 0 aliphatic carbocycles. The Labute approximate surface area is 122 Å². The van der Waals surface area contributed by atoms with Crippen LogP contribution >= 0.6 is 0 Å². The maximum absolute atomic E-state index is 2.45. The van der Waals surface area contributed by atoms with Crippen molar-refractivity contribution in [3.8, 4) is 0 Å². The van der Waals surface area contributed by atoms with Crippen molar-refractivity contribution in [1.82, 2.24) is 0 Å². The molecule has 0 saturated carbocycles. The van der Waals surface area contributed by atoms with Gasteiger partial charge in [0.25, 0.3) is 0 Å². The highest BCUT2D eigenvalue weighted by molar-refractivity contribution is 5.18. The maximum Gasteiger partial charge on any atom is -0.0111 e. The molecule has 2 atom stereocenters. The zero-order chi connectivity index (χ0) is 15.2. The summed E-state index contributed by atoms with van der Waals surface area (Å²) in [5.41, 5.74) is 4.68. The molecule has 0 heterocycles. The van der Waals surface area contributed by atoms with Crippen LogP contribution in [0, 0.1) is 23.7 Å². The highest BCUT2D eigenvalue weighted by Gasteiger charge is 2.10. The van der Waals surface area contributed by atoms with Crippen molar-refractivity contribution in [2.45, 2.75) is 75.2 Å². The van der Waals surface area contributed by atoms with E-state index >= 15 is 0 Å². The van der Waals surface area contributed by atoms with Crippen molar-refractivity contribution >= 4 is 0 Å². The molecule has 0 amide bonds. The van der Waals surface area contributed by atoms with Crippen LogP contribution in [0.4, 0.5) is 0 Å². The molecule has 0 rings (SSSR count). The molecule has 2 unspecified atom stereocenters. The minimum Gasteiger partial charge on any atom is -0.0822 e. The van der Waals surface area contributed by atoms with E-state index in [1.54, 1.807) is 11.1 Å². The van der Waals surface area contributed by atoms with E-state index < -0.39 is 0 Å². The summed E-state index contributed by atoms with van der Waals surface area (Å²) in [6, 6.07) is 0. The van der Waals surface area contributed by atoms with Gasteiger partial charge in [-0.15, -0.1) is 0 Å². The van der Waals surface area contributed by atoms with Gasteiger partial charge in [-0.25, -0.2) is 0 Å². The standard InChI is InChI=1S/C19H36/c1-13(2)16(6)10-15(5)11-18(8)19(9)12-17(7)14(3)4/h10,13-14,16-17H,11-12H2,1-9H3. The molecule has 0 aromatic carbocycles. The van der Waals surface area contributed by atoms with Crippen LogP contribution in [0.3, 0.4) is 0 Å². The Morgan fingerprint density at radius 2 is 1.32 bits per heavy atom. The Hall–Kier alpha value is -0.520. The Morgan fingerprint density at radius 1 is 0.789 bits per heavy atom. The summed E-state index contributed by atoms with van der Waals surface area (Å²) in [5, 5.41) is 0. The van der Waals surface area contributed by atoms with Crippen LogP contribution in [0.5, 0.6) is 0 Å². The molecule has 0 nitrogen and oxygen atoms in total. The van der Waals surface area contributed by atoms with E-state index in [1.807, 2.05) is 0 Å². The van der Waals surface area contributed by atoms with Crippen LogP contribution < -0.4 is 0 Å². The first kappa shape index (κ1) is 18.5. The van der Waals surface area contributed by atoms with Crippen molar-refractivity contribution in [1.29, 1.82) is 0 Å². The van der Waals surface area contributed by atoms with Crippen molar-refractivity contribution < 1.29 is 0 Å². The van der Waals surface area contributed by atoms with Gasteiger partial charge in [0, 0.05) is 0 Å². The van der Waals surface area contributed by atoms with Gasteiger partial charge in [0.1, 0.15) is 0 Å². The largest absolute Gasteiger partial charge is 0.0822 e. The van der Waals surface area contributed by atoms with Gasteiger partial charge in [0.15, 0.2) is 0 Å². The third-order valence-electron chi connectivity index (χ3n) is 4.64. The predicted molar refractivity (Wildman–Crippen MR) is 89.4 cm³/mol. The number of allylic oxidation sites excluding steroid dienone is 4. The Bertz CT molecular complexity index is 315. The zero-order valence-corrected chi connectivity index (χ0v) is 14.8. The Balaban J connectivity index is 4.61. The summed E-state index contributed by atoms with van der Waals surface area (Å²) in [6.07, 6.45) is 4.84. The topological polar surface area (TPSA) is 0 Å². The van der Waals surface area contributed by atoms with Gasteiger partial charge in [0.05, 0.1) is 0 Å². The first-order chi connectivity index (χ1) is 8.65. The molecule has 0 aliphatic rings. The van der Waals surface area contributed by atoms with Crippen molar-refractivity contribution in [2.75, 3.05) is 0 Å². The Morgan fingerprint density at radius 3 is 1.74 bits per heavy atom. The molecule has 0 spiro atoms. The van der Waals surface area contributed by atoms with Crippen LogP contribution in [-0.2, 0) is 0 Å². The summed E-state index contributed by atoms with van der Waals surface area (Å²) < 4.78 is 0. The third kappa shape index (κ3) is 7.60. The molecule has 0 radical (unpaired) electrons. The highest BCUT2D eigenvalue weighted by atomic mass is 14.2. The van der Waals surface area contributed by atoms with Gasteiger partial charge < -0.3 is 0 Å². The molecule has 0 aromatic heterocycles. The number of hydrogen-bond acceptors (Lipinski definition) is 0. The lowest BCUT2D eigenvalue weighted by Crippen LogP contribution is -2.05. The van der Waals surface area contributed by atoms with E-state index in [1.165, 1.54) is 12.0 Å². The average Bonchev–Trinajstić information content (AvgIpc) is 2.27. The minimum atomic E-state index is 0.683. The summed E-state index contributed by atoms with van der Waals surface area (Å²) in [6.45, 7) is 20.8. The van der Waals surface area contributed by atoms with Gasteiger partial charge in [-0.2, -0.15) is 0 Å². The molecule has 112 valence electrons. The third-order valence-corrected chi connectivity index (χ3v) is 4.64. The second-order valence-electron chi connectivity index (χ2n) is 7.28. The van der Waals surface area contributed by atoms with Gasteiger partial charge in [-0.05, 0) is 57.3 Å². The number of hydrogen-bond donors (Lipinski definition) is 0. The van der Waals surface area contributed by atoms with Crippen molar-refractivity contribution in [2.24, 2.45) is 23.7 Å². The molecule has 0 bridgehead atoms. The lowest BCUT2D eigenvalue weighted by atomic mass is 9.88. The lowest BCUT2D eigenvalue weighted by Gasteiger charge is -2.18. The normalized spacial score (nSPS) is 17.7. The molecule has 0 aromatic rings.